The van der Waals surface area contributed by atoms with Crippen molar-refractivity contribution >= 4 is 28.5 Å². The standard InChI is InChI=1S/C11H14BBrO3/c1-3-8-10-7(13)5-6-9(15-4-2)11(10)12(14)16-8/h5-6,8,14H,3-4H2,1-2H3/t8-/m1/s1. The Hall–Kier alpha value is -0.515. The predicted octanol–water partition coefficient (Wildman–Crippen LogP) is 2.02. The third-order valence-electron chi connectivity index (χ3n) is 2.73. The molecule has 3 nitrogen and oxygen atoms in total. The van der Waals surface area contributed by atoms with Crippen molar-refractivity contribution in [3.63, 3.8) is 0 Å². The van der Waals surface area contributed by atoms with E-state index in [1.54, 1.807) is 0 Å². The number of fused-ring (bicyclic) bond motifs is 1. The lowest BCUT2D eigenvalue weighted by molar-refractivity contribution is 0.186. The van der Waals surface area contributed by atoms with E-state index < -0.39 is 7.12 Å². The van der Waals surface area contributed by atoms with Gasteiger partial charge in [0, 0.05) is 9.94 Å². The first-order valence-electron chi connectivity index (χ1n) is 5.47. The summed E-state index contributed by atoms with van der Waals surface area (Å²) in [5.74, 6) is 0.712. The molecular formula is C11H14BBrO3. The summed E-state index contributed by atoms with van der Waals surface area (Å²) in [6.07, 6.45) is 0.776. The third kappa shape index (κ3) is 1.87. The largest absolute Gasteiger partial charge is 0.495 e. The van der Waals surface area contributed by atoms with Crippen molar-refractivity contribution in [3.05, 3.63) is 22.2 Å². The highest BCUT2D eigenvalue weighted by atomic mass is 79.9. The number of benzene rings is 1. The van der Waals surface area contributed by atoms with Crippen LogP contribution in [-0.4, -0.2) is 18.7 Å². The molecule has 16 heavy (non-hydrogen) atoms. The van der Waals surface area contributed by atoms with Crippen molar-refractivity contribution in [2.75, 3.05) is 6.61 Å². The Bertz CT molecular complexity index is 397. The first kappa shape index (κ1) is 12.0. The average molecular weight is 285 g/mol. The van der Waals surface area contributed by atoms with E-state index in [4.69, 9.17) is 9.39 Å². The Labute approximate surface area is 104 Å². The van der Waals surface area contributed by atoms with Crippen molar-refractivity contribution < 1.29 is 14.4 Å². The number of halogens is 1. The molecule has 1 atom stereocenters. The molecule has 1 N–H and O–H groups in total. The Morgan fingerprint density at radius 2 is 2.25 bits per heavy atom. The van der Waals surface area contributed by atoms with E-state index >= 15 is 0 Å². The average Bonchev–Trinajstić information content (AvgIpc) is 2.61. The van der Waals surface area contributed by atoms with Crippen LogP contribution in [0.2, 0.25) is 0 Å². The van der Waals surface area contributed by atoms with Crippen LogP contribution in [-0.2, 0) is 4.65 Å². The summed E-state index contributed by atoms with van der Waals surface area (Å²) in [4.78, 5) is 0. The van der Waals surface area contributed by atoms with Crippen molar-refractivity contribution in [1.29, 1.82) is 0 Å². The van der Waals surface area contributed by atoms with Gasteiger partial charge in [-0.25, -0.2) is 0 Å². The van der Waals surface area contributed by atoms with Gasteiger partial charge in [-0.3, -0.25) is 0 Å². The van der Waals surface area contributed by atoms with Crippen LogP contribution in [0.5, 0.6) is 5.75 Å². The molecule has 0 aromatic heterocycles. The summed E-state index contributed by atoms with van der Waals surface area (Å²) >= 11 is 3.49. The molecule has 0 unspecified atom stereocenters. The van der Waals surface area contributed by atoms with Gasteiger partial charge in [-0.05, 0) is 31.0 Å². The van der Waals surface area contributed by atoms with Gasteiger partial charge in [-0.15, -0.1) is 0 Å². The lowest BCUT2D eigenvalue weighted by Crippen LogP contribution is -2.30. The molecule has 0 bridgehead atoms. The highest BCUT2D eigenvalue weighted by Crippen LogP contribution is 2.35. The molecule has 5 heteroatoms. The topological polar surface area (TPSA) is 38.7 Å². The second-order valence-corrected chi connectivity index (χ2v) is 4.55. The number of rotatable bonds is 3. The maximum atomic E-state index is 9.89. The minimum Gasteiger partial charge on any atom is -0.494 e. The summed E-state index contributed by atoms with van der Waals surface area (Å²) in [6, 6.07) is 3.80. The summed E-state index contributed by atoms with van der Waals surface area (Å²) < 4.78 is 12.0. The van der Waals surface area contributed by atoms with Crippen LogP contribution in [0, 0.1) is 0 Å². The molecule has 0 spiro atoms. The molecule has 86 valence electrons. The van der Waals surface area contributed by atoms with E-state index in [9.17, 15) is 5.02 Å². The molecule has 0 aliphatic carbocycles. The molecular weight excluding hydrogens is 271 g/mol. The van der Waals surface area contributed by atoms with Gasteiger partial charge in [0.25, 0.3) is 0 Å². The van der Waals surface area contributed by atoms with Gasteiger partial charge in [0.2, 0.25) is 0 Å². The zero-order chi connectivity index (χ0) is 11.7. The van der Waals surface area contributed by atoms with Crippen molar-refractivity contribution in [2.45, 2.75) is 26.4 Å². The van der Waals surface area contributed by atoms with Crippen LogP contribution in [0.25, 0.3) is 0 Å². The number of ether oxygens (including phenoxy) is 1. The first-order valence-corrected chi connectivity index (χ1v) is 6.26. The van der Waals surface area contributed by atoms with Gasteiger partial charge in [-0.2, -0.15) is 0 Å². The molecule has 0 saturated heterocycles. The fourth-order valence-corrected chi connectivity index (χ4v) is 2.65. The van der Waals surface area contributed by atoms with Crippen molar-refractivity contribution in [3.8, 4) is 5.75 Å². The highest BCUT2D eigenvalue weighted by molar-refractivity contribution is 9.10. The molecule has 0 radical (unpaired) electrons. The van der Waals surface area contributed by atoms with E-state index in [0.717, 1.165) is 21.9 Å². The zero-order valence-corrected chi connectivity index (χ0v) is 11.0. The van der Waals surface area contributed by atoms with E-state index in [0.29, 0.717) is 12.4 Å². The minimum absolute atomic E-state index is 0.0558. The van der Waals surface area contributed by atoms with Crippen molar-refractivity contribution in [1.82, 2.24) is 0 Å². The first-order chi connectivity index (χ1) is 7.69. The number of hydrogen-bond donors (Lipinski definition) is 1. The van der Waals surface area contributed by atoms with Crippen LogP contribution < -0.4 is 10.2 Å². The minimum atomic E-state index is -0.876. The lowest BCUT2D eigenvalue weighted by Gasteiger charge is -2.12. The molecule has 0 fully saturated rings. The lowest BCUT2D eigenvalue weighted by atomic mass is 9.78. The maximum Gasteiger partial charge on any atom is 0.495 e. The van der Waals surface area contributed by atoms with Gasteiger partial charge in [0.05, 0.1) is 12.7 Å². The van der Waals surface area contributed by atoms with E-state index in [2.05, 4.69) is 15.9 Å². The molecule has 1 aromatic rings. The van der Waals surface area contributed by atoms with Gasteiger partial charge >= 0.3 is 7.12 Å². The molecule has 0 saturated carbocycles. The summed E-state index contributed by atoms with van der Waals surface area (Å²) in [7, 11) is -0.876. The smallest absolute Gasteiger partial charge is 0.494 e. The molecule has 1 aliphatic rings. The van der Waals surface area contributed by atoms with Crippen LogP contribution in [0.15, 0.2) is 16.6 Å². The monoisotopic (exact) mass is 284 g/mol. The van der Waals surface area contributed by atoms with Gasteiger partial charge in [-0.1, -0.05) is 22.9 Å². The normalized spacial score (nSPS) is 18.8. The Morgan fingerprint density at radius 1 is 1.50 bits per heavy atom. The second kappa shape index (κ2) is 4.78. The zero-order valence-electron chi connectivity index (χ0n) is 9.37. The van der Waals surface area contributed by atoms with Crippen molar-refractivity contribution in [2.24, 2.45) is 0 Å². The summed E-state index contributed by atoms with van der Waals surface area (Å²) in [5.41, 5.74) is 1.78. The number of hydrogen-bond acceptors (Lipinski definition) is 3. The van der Waals surface area contributed by atoms with Crippen LogP contribution in [0.3, 0.4) is 0 Å². The van der Waals surface area contributed by atoms with Crippen LogP contribution in [0.1, 0.15) is 31.9 Å². The maximum absolute atomic E-state index is 9.89. The van der Waals surface area contributed by atoms with E-state index in [1.807, 2.05) is 26.0 Å². The second-order valence-electron chi connectivity index (χ2n) is 3.69. The third-order valence-corrected chi connectivity index (χ3v) is 3.42. The van der Waals surface area contributed by atoms with Gasteiger partial charge < -0.3 is 14.4 Å². The van der Waals surface area contributed by atoms with Crippen LogP contribution >= 0.6 is 15.9 Å². The van der Waals surface area contributed by atoms with E-state index in [-0.39, 0.29) is 6.10 Å². The fourth-order valence-electron chi connectivity index (χ4n) is 2.05. The summed E-state index contributed by atoms with van der Waals surface area (Å²) in [6.45, 7) is 4.54. The quantitative estimate of drug-likeness (QED) is 0.863. The molecule has 1 aromatic carbocycles. The predicted molar refractivity (Wildman–Crippen MR) is 67.0 cm³/mol. The van der Waals surface area contributed by atoms with Gasteiger partial charge in [0.15, 0.2) is 0 Å². The molecule has 1 aliphatic heterocycles. The molecule has 1 heterocycles. The fraction of sp³-hybridized carbons (Fsp3) is 0.455. The Kier molecular flexibility index (Phi) is 3.57. The highest BCUT2D eigenvalue weighted by Gasteiger charge is 2.38. The Balaban J connectivity index is 2.52. The summed E-state index contributed by atoms with van der Waals surface area (Å²) in [5, 5.41) is 9.89. The van der Waals surface area contributed by atoms with Gasteiger partial charge in [0.1, 0.15) is 5.75 Å². The van der Waals surface area contributed by atoms with E-state index in [1.165, 1.54) is 0 Å². The molecule has 0 amide bonds. The molecule has 2 rings (SSSR count). The van der Waals surface area contributed by atoms with Crippen LogP contribution in [0.4, 0.5) is 0 Å². The Morgan fingerprint density at radius 3 is 2.88 bits per heavy atom. The SMILES string of the molecule is CCOc1ccc(Br)c2c1B(O)O[C@@H]2CC.